The molecule has 1 fully saturated rings. The molecule has 0 bridgehead atoms. The zero-order chi connectivity index (χ0) is 14.5. The van der Waals surface area contributed by atoms with Crippen LogP contribution in [-0.2, 0) is 4.79 Å². The summed E-state index contributed by atoms with van der Waals surface area (Å²) in [5.74, 6) is -0.260. The third-order valence-electron chi connectivity index (χ3n) is 3.87. The van der Waals surface area contributed by atoms with Crippen LogP contribution < -0.4 is 10.6 Å². The molecule has 0 aliphatic heterocycles. The molecule has 3 atom stereocenters. The first-order valence-electron chi connectivity index (χ1n) is 6.80. The SMILES string of the molecule is CC1CCCCC1CNC(=O)NCC(C)(O)C(=O)O. The number of aliphatic carboxylic acids is 1. The van der Waals surface area contributed by atoms with Crippen molar-refractivity contribution in [3.05, 3.63) is 0 Å². The summed E-state index contributed by atoms with van der Waals surface area (Å²) >= 11 is 0. The molecule has 0 aromatic rings. The van der Waals surface area contributed by atoms with E-state index < -0.39 is 17.6 Å². The number of nitrogens with one attached hydrogen (secondary N) is 2. The Bertz CT molecular complexity index is 331. The van der Waals surface area contributed by atoms with Crippen LogP contribution in [0.1, 0.15) is 39.5 Å². The molecule has 3 unspecified atom stereocenters. The molecule has 0 spiro atoms. The Labute approximate surface area is 113 Å². The van der Waals surface area contributed by atoms with Crippen LogP contribution in [-0.4, -0.2) is 40.9 Å². The molecule has 0 saturated heterocycles. The smallest absolute Gasteiger partial charge is 0.337 e. The first kappa shape index (κ1) is 15.8. The van der Waals surface area contributed by atoms with Crippen LogP contribution in [0.3, 0.4) is 0 Å². The van der Waals surface area contributed by atoms with Crippen molar-refractivity contribution >= 4 is 12.0 Å². The van der Waals surface area contributed by atoms with E-state index in [2.05, 4.69) is 17.6 Å². The number of carboxylic acids is 1. The summed E-state index contributed by atoms with van der Waals surface area (Å²) in [6, 6.07) is -0.431. The number of hydrogen-bond donors (Lipinski definition) is 4. The normalized spacial score (nSPS) is 26.3. The Kier molecular flexibility index (Phi) is 5.60. The minimum atomic E-state index is -1.94. The highest BCUT2D eigenvalue weighted by molar-refractivity contribution is 5.79. The number of rotatable bonds is 5. The number of carboxylic acid groups (broad SMARTS) is 1. The summed E-state index contributed by atoms with van der Waals surface area (Å²) in [6.45, 7) is 3.63. The number of carbonyl (C=O) groups is 2. The van der Waals surface area contributed by atoms with Crippen molar-refractivity contribution in [3.8, 4) is 0 Å². The first-order valence-corrected chi connectivity index (χ1v) is 6.80. The highest BCUT2D eigenvalue weighted by atomic mass is 16.4. The van der Waals surface area contributed by atoms with Gasteiger partial charge in [0.2, 0.25) is 0 Å². The van der Waals surface area contributed by atoms with Gasteiger partial charge in [0.15, 0.2) is 5.60 Å². The van der Waals surface area contributed by atoms with E-state index in [9.17, 15) is 14.7 Å². The van der Waals surface area contributed by atoms with E-state index in [1.54, 1.807) is 0 Å². The topological polar surface area (TPSA) is 98.7 Å². The molecule has 110 valence electrons. The van der Waals surface area contributed by atoms with E-state index in [0.29, 0.717) is 18.4 Å². The molecule has 0 heterocycles. The van der Waals surface area contributed by atoms with Crippen LogP contribution in [0.5, 0.6) is 0 Å². The maximum absolute atomic E-state index is 11.5. The summed E-state index contributed by atoms with van der Waals surface area (Å²) < 4.78 is 0. The lowest BCUT2D eigenvalue weighted by Crippen LogP contribution is -2.49. The quantitative estimate of drug-likeness (QED) is 0.599. The molecule has 4 N–H and O–H groups in total. The number of hydrogen-bond acceptors (Lipinski definition) is 3. The van der Waals surface area contributed by atoms with Gasteiger partial charge in [0.25, 0.3) is 0 Å². The van der Waals surface area contributed by atoms with Crippen molar-refractivity contribution in [2.75, 3.05) is 13.1 Å². The number of urea groups is 1. The van der Waals surface area contributed by atoms with E-state index in [4.69, 9.17) is 5.11 Å². The molecular weight excluding hydrogens is 248 g/mol. The van der Waals surface area contributed by atoms with Crippen molar-refractivity contribution < 1.29 is 19.8 Å². The van der Waals surface area contributed by atoms with E-state index in [-0.39, 0.29) is 6.54 Å². The van der Waals surface area contributed by atoms with Gasteiger partial charge in [0, 0.05) is 6.54 Å². The van der Waals surface area contributed by atoms with Gasteiger partial charge in [-0.1, -0.05) is 26.2 Å². The number of amides is 2. The molecule has 1 aliphatic rings. The molecule has 0 aromatic carbocycles. The van der Waals surface area contributed by atoms with Gasteiger partial charge in [-0.2, -0.15) is 0 Å². The fourth-order valence-corrected chi connectivity index (χ4v) is 2.31. The minimum Gasteiger partial charge on any atom is -0.479 e. The van der Waals surface area contributed by atoms with Crippen molar-refractivity contribution in [1.29, 1.82) is 0 Å². The maximum Gasteiger partial charge on any atom is 0.337 e. The Balaban J connectivity index is 2.26. The van der Waals surface area contributed by atoms with E-state index >= 15 is 0 Å². The van der Waals surface area contributed by atoms with Crippen molar-refractivity contribution in [2.45, 2.75) is 45.1 Å². The zero-order valence-electron chi connectivity index (χ0n) is 11.6. The molecule has 0 aromatic heterocycles. The molecule has 6 heteroatoms. The van der Waals surface area contributed by atoms with E-state index in [0.717, 1.165) is 13.3 Å². The highest BCUT2D eigenvalue weighted by Crippen LogP contribution is 2.28. The number of aliphatic hydroxyl groups is 1. The lowest BCUT2D eigenvalue weighted by Gasteiger charge is -2.29. The summed E-state index contributed by atoms with van der Waals surface area (Å²) in [7, 11) is 0. The molecule has 0 radical (unpaired) electrons. The molecule has 6 nitrogen and oxygen atoms in total. The van der Waals surface area contributed by atoms with Gasteiger partial charge in [0.05, 0.1) is 6.54 Å². The fraction of sp³-hybridized carbons (Fsp3) is 0.846. The van der Waals surface area contributed by atoms with Crippen molar-refractivity contribution in [2.24, 2.45) is 11.8 Å². The summed E-state index contributed by atoms with van der Waals surface area (Å²) in [5, 5.41) is 23.3. The lowest BCUT2D eigenvalue weighted by atomic mass is 9.80. The zero-order valence-corrected chi connectivity index (χ0v) is 11.6. The van der Waals surface area contributed by atoms with Crippen LogP contribution >= 0.6 is 0 Å². The Morgan fingerprint density at radius 3 is 2.47 bits per heavy atom. The molecule has 1 aliphatic carbocycles. The van der Waals surface area contributed by atoms with Crippen molar-refractivity contribution in [1.82, 2.24) is 10.6 Å². The van der Waals surface area contributed by atoms with Crippen LogP contribution in [0.25, 0.3) is 0 Å². The van der Waals surface area contributed by atoms with Gasteiger partial charge < -0.3 is 20.8 Å². The maximum atomic E-state index is 11.5. The standard InChI is InChI=1S/C13H24N2O4/c1-9-5-3-4-6-10(9)7-14-12(18)15-8-13(2,19)11(16)17/h9-10,19H,3-8H2,1-2H3,(H,16,17)(H2,14,15,18). The fourth-order valence-electron chi connectivity index (χ4n) is 2.31. The van der Waals surface area contributed by atoms with Crippen molar-refractivity contribution in [3.63, 3.8) is 0 Å². The second-order valence-corrected chi connectivity index (χ2v) is 5.66. The molecule has 19 heavy (non-hydrogen) atoms. The van der Waals surface area contributed by atoms with Gasteiger partial charge >= 0.3 is 12.0 Å². The molecule has 1 rings (SSSR count). The van der Waals surface area contributed by atoms with Crippen LogP contribution in [0.4, 0.5) is 4.79 Å². The third-order valence-corrected chi connectivity index (χ3v) is 3.87. The molecule has 1 saturated carbocycles. The lowest BCUT2D eigenvalue weighted by molar-refractivity contribution is -0.155. The van der Waals surface area contributed by atoms with E-state index in [1.807, 2.05) is 0 Å². The van der Waals surface area contributed by atoms with Crippen LogP contribution in [0, 0.1) is 11.8 Å². The van der Waals surface area contributed by atoms with Gasteiger partial charge in [0.1, 0.15) is 0 Å². The van der Waals surface area contributed by atoms with Gasteiger partial charge in [-0.3, -0.25) is 0 Å². The second kappa shape index (κ2) is 6.75. The third kappa shape index (κ3) is 5.06. The Morgan fingerprint density at radius 1 is 1.26 bits per heavy atom. The first-order chi connectivity index (χ1) is 8.83. The van der Waals surface area contributed by atoms with Gasteiger partial charge in [-0.05, 0) is 25.2 Å². The predicted molar refractivity (Wildman–Crippen MR) is 70.8 cm³/mol. The molecule has 2 amide bonds. The summed E-state index contributed by atoms with van der Waals surface area (Å²) in [5.41, 5.74) is -1.94. The van der Waals surface area contributed by atoms with Gasteiger partial charge in [-0.25, -0.2) is 9.59 Å². The Morgan fingerprint density at radius 2 is 1.89 bits per heavy atom. The number of carbonyl (C=O) groups excluding carboxylic acids is 1. The second-order valence-electron chi connectivity index (χ2n) is 5.66. The van der Waals surface area contributed by atoms with Crippen LogP contribution in [0.15, 0.2) is 0 Å². The van der Waals surface area contributed by atoms with Gasteiger partial charge in [-0.15, -0.1) is 0 Å². The molecular formula is C13H24N2O4. The monoisotopic (exact) mass is 272 g/mol. The minimum absolute atomic E-state index is 0.311. The predicted octanol–water partition coefficient (Wildman–Crippen LogP) is 0.948. The Hall–Kier alpha value is -1.30. The summed E-state index contributed by atoms with van der Waals surface area (Å²) in [6.07, 6.45) is 4.77. The van der Waals surface area contributed by atoms with E-state index in [1.165, 1.54) is 19.3 Å². The largest absolute Gasteiger partial charge is 0.479 e. The average Bonchev–Trinajstić information content (AvgIpc) is 2.35. The average molecular weight is 272 g/mol. The van der Waals surface area contributed by atoms with Crippen LogP contribution in [0.2, 0.25) is 0 Å². The highest BCUT2D eigenvalue weighted by Gasteiger charge is 2.30. The summed E-state index contributed by atoms with van der Waals surface area (Å²) in [4.78, 5) is 22.2.